The minimum absolute atomic E-state index is 0.0687. The summed E-state index contributed by atoms with van der Waals surface area (Å²) < 4.78 is 0. The van der Waals surface area contributed by atoms with Gasteiger partial charge >= 0.3 is 5.97 Å². The number of anilines is 1. The molecule has 2 fully saturated rings. The number of piperidine rings is 1. The molecule has 114 valence electrons. The first kappa shape index (κ1) is 14.3. The van der Waals surface area contributed by atoms with Crippen molar-refractivity contribution in [1.29, 1.82) is 0 Å². The van der Waals surface area contributed by atoms with Gasteiger partial charge in [-0.25, -0.2) is 14.8 Å². The largest absolute Gasteiger partial charge is 0.477 e. The summed E-state index contributed by atoms with van der Waals surface area (Å²) in [4.78, 5) is 24.0. The average Bonchev–Trinajstić information content (AvgIpc) is 3.01. The number of aromatic nitrogens is 2. The predicted octanol–water partition coefficient (Wildman–Crippen LogP) is 1.49. The normalized spacial score (nSPS) is 20.9. The van der Waals surface area contributed by atoms with Crippen LogP contribution in [-0.4, -0.2) is 58.7 Å². The second kappa shape index (κ2) is 6.39. The maximum atomic E-state index is 11.0. The molecule has 21 heavy (non-hydrogen) atoms. The standard InChI is InChI=1S/C15H22N4O2/c20-14(21)13-3-6-16-15(17-13)19-9-4-12(5-10-19)11-18-7-1-2-8-18/h3,6,12H,1-2,4-5,7-11H2,(H,20,21). The van der Waals surface area contributed by atoms with Gasteiger partial charge in [0.2, 0.25) is 5.95 Å². The van der Waals surface area contributed by atoms with Crippen molar-refractivity contribution < 1.29 is 9.90 Å². The molecule has 2 aliphatic heterocycles. The smallest absolute Gasteiger partial charge is 0.354 e. The Hall–Kier alpha value is -1.69. The van der Waals surface area contributed by atoms with E-state index in [0.717, 1.165) is 31.8 Å². The Morgan fingerprint density at radius 1 is 1.24 bits per heavy atom. The average molecular weight is 290 g/mol. The SMILES string of the molecule is O=C(O)c1ccnc(N2CCC(CN3CCCC3)CC2)n1. The lowest BCUT2D eigenvalue weighted by atomic mass is 9.96. The van der Waals surface area contributed by atoms with Gasteiger partial charge < -0.3 is 14.9 Å². The van der Waals surface area contributed by atoms with Gasteiger partial charge in [-0.1, -0.05) is 0 Å². The van der Waals surface area contributed by atoms with Gasteiger partial charge in [-0.15, -0.1) is 0 Å². The second-order valence-corrected chi connectivity index (χ2v) is 5.99. The molecule has 0 radical (unpaired) electrons. The molecule has 2 aliphatic rings. The number of carbonyl (C=O) groups is 1. The first-order valence-corrected chi connectivity index (χ1v) is 7.76. The van der Waals surface area contributed by atoms with E-state index in [1.807, 2.05) is 0 Å². The van der Waals surface area contributed by atoms with E-state index in [1.165, 1.54) is 44.7 Å². The number of aromatic carboxylic acids is 1. The molecule has 0 aromatic carbocycles. The number of hydrogen-bond donors (Lipinski definition) is 1. The first-order chi connectivity index (χ1) is 10.2. The third-order valence-corrected chi connectivity index (χ3v) is 4.47. The number of nitrogens with zero attached hydrogens (tertiary/aromatic N) is 4. The van der Waals surface area contributed by atoms with Gasteiger partial charge in [0.25, 0.3) is 0 Å². The molecule has 0 aliphatic carbocycles. The van der Waals surface area contributed by atoms with E-state index in [4.69, 9.17) is 5.11 Å². The molecular weight excluding hydrogens is 268 g/mol. The molecule has 6 heteroatoms. The molecule has 0 atom stereocenters. The van der Waals surface area contributed by atoms with Crippen LogP contribution in [0.25, 0.3) is 0 Å². The Morgan fingerprint density at radius 2 is 1.95 bits per heavy atom. The highest BCUT2D eigenvalue weighted by Crippen LogP contribution is 2.23. The highest BCUT2D eigenvalue weighted by atomic mass is 16.4. The molecule has 1 N–H and O–H groups in total. The van der Waals surface area contributed by atoms with Gasteiger partial charge in [0.05, 0.1) is 0 Å². The van der Waals surface area contributed by atoms with E-state index in [9.17, 15) is 4.79 Å². The lowest BCUT2D eigenvalue weighted by Gasteiger charge is -2.33. The number of rotatable bonds is 4. The van der Waals surface area contributed by atoms with Crippen LogP contribution in [0.5, 0.6) is 0 Å². The summed E-state index contributed by atoms with van der Waals surface area (Å²) in [7, 11) is 0. The Balaban J connectivity index is 1.55. The van der Waals surface area contributed by atoms with E-state index >= 15 is 0 Å². The van der Waals surface area contributed by atoms with Crippen molar-refractivity contribution in [3.63, 3.8) is 0 Å². The molecule has 6 nitrogen and oxygen atoms in total. The number of carboxylic acids is 1. The summed E-state index contributed by atoms with van der Waals surface area (Å²) in [6.45, 7) is 5.56. The molecule has 1 aromatic heterocycles. The molecule has 0 saturated carbocycles. The highest BCUT2D eigenvalue weighted by Gasteiger charge is 2.24. The van der Waals surface area contributed by atoms with Gasteiger partial charge in [0.15, 0.2) is 5.69 Å². The van der Waals surface area contributed by atoms with Crippen LogP contribution in [0.2, 0.25) is 0 Å². The van der Waals surface area contributed by atoms with Crippen molar-refractivity contribution in [2.75, 3.05) is 37.6 Å². The van der Waals surface area contributed by atoms with Crippen LogP contribution in [0.1, 0.15) is 36.2 Å². The van der Waals surface area contributed by atoms with Crippen molar-refractivity contribution in [2.24, 2.45) is 5.92 Å². The van der Waals surface area contributed by atoms with E-state index in [0.29, 0.717) is 5.95 Å². The first-order valence-electron chi connectivity index (χ1n) is 7.76. The highest BCUT2D eigenvalue weighted by molar-refractivity contribution is 5.85. The summed E-state index contributed by atoms with van der Waals surface area (Å²) >= 11 is 0. The van der Waals surface area contributed by atoms with Crippen molar-refractivity contribution >= 4 is 11.9 Å². The molecule has 1 aromatic rings. The lowest BCUT2D eigenvalue weighted by Crippen LogP contribution is -2.39. The van der Waals surface area contributed by atoms with E-state index < -0.39 is 5.97 Å². The van der Waals surface area contributed by atoms with Crippen LogP contribution in [0.4, 0.5) is 5.95 Å². The van der Waals surface area contributed by atoms with Crippen LogP contribution in [-0.2, 0) is 0 Å². The topological polar surface area (TPSA) is 69.6 Å². The summed E-state index contributed by atoms with van der Waals surface area (Å²) in [5.41, 5.74) is 0.0687. The minimum Gasteiger partial charge on any atom is -0.477 e. The molecule has 3 heterocycles. The summed E-state index contributed by atoms with van der Waals surface area (Å²) in [6, 6.07) is 1.44. The molecule has 2 saturated heterocycles. The zero-order valence-electron chi connectivity index (χ0n) is 12.2. The molecule has 0 unspecified atom stereocenters. The molecule has 3 rings (SSSR count). The van der Waals surface area contributed by atoms with Gasteiger partial charge in [-0.2, -0.15) is 0 Å². The van der Waals surface area contributed by atoms with Gasteiger partial charge in [-0.05, 0) is 50.8 Å². The Morgan fingerprint density at radius 3 is 2.62 bits per heavy atom. The van der Waals surface area contributed by atoms with Gasteiger partial charge in [-0.3, -0.25) is 0 Å². The summed E-state index contributed by atoms with van der Waals surface area (Å²) in [5.74, 6) is 0.305. The second-order valence-electron chi connectivity index (χ2n) is 5.99. The Bertz CT molecular complexity index is 494. The minimum atomic E-state index is -0.998. The fourth-order valence-corrected chi connectivity index (χ4v) is 3.27. The van der Waals surface area contributed by atoms with Crippen LogP contribution in [0.15, 0.2) is 12.3 Å². The third kappa shape index (κ3) is 3.50. The zero-order valence-corrected chi connectivity index (χ0v) is 12.2. The van der Waals surface area contributed by atoms with Crippen LogP contribution >= 0.6 is 0 Å². The van der Waals surface area contributed by atoms with Crippen molar-refractivity contribution in [2.45, 2.75) is 25.7 Å². The summed E-state index contributed by atoms with van der Waals surface area (Å²) in [6.07, 6.45) is 6.49. The maximum absolute atomic E-state index is 11.0. The number of hydrogen-bond acceptors (Lipinski definition) is 5. The van der Waals surface area contributed by atoms with Crippen LogP contribution in [0, 0.1) is 5.92 Å². The summed E-state index contributed by atoms with van der Waals surface area (Å²) in [5, 5.41) is 8.99. The van der Waals surface area contributed by atoms with Crippen molar-refractivity contribution in [1.82, 2.24) is 14.9 Å². The predicted molar refractivity (Wildman–Crippen MR) is 79.6 cm³/mol. The van der Waals surface area contributed by atoms with Crippen LogP contribution in [0.3, 0.4) is 0 Å². The molecule has 0 amide bonds. The number of carboxylic acid groups (broad SMARTS) is 1. The fraction of sp³-hybridized carbons (Fsp3) is 0.667. The molecule has 0 spiro atoms. The lowest BCUT2D eigenvalue weighted by molar-refractivity contribution is 0.0690. The number of likely N-dealkylation sites (tertiary alicyclic amines) is 1. The van der Waals surface area contributed by atoms with E-state index in [2.05, 4.69) is 19.8 Å². The monoisotopic (exact) mass is 290 g/mol. The maximum Gasteiger partial charge on any atom is 0.354 e. The van der Waals surface area contributed by atoms with Crippen molar-refractivity contribution in [3.8, 4) is 0 Å². The fourth-order valence-electron chi connectivity index (χ4n) is 3.27. The van der Waals surface area contributed by atoms with Gasteiger partial charge in [0.1, 0.15) is 0 Å². The van der Waals surface area contributed by atoms with Gasteiger partial charge in [0, 0.05) is 25.8 Å². The molecular formula is C15H22N4O2. The van der Waals surface area contributed by atoms with E-state index in [-0.39, 0.29) is 5.69 Å². The van der Waals surface area contributed by atoms with E-state index in [1.54, 1.807) is 0 Å². The van der Waals surface area contributed by atoms with Crippen molar-refractivity contribution in [3.05, 3.63) is 18.0 Å². The Kier molecular flexibility index (Phi) is 4.34. The molecule has 0 bridgehead atoms. The zero-order chi connectivity index (χ0) is 14.7. The van der Waals surface area contributed by atoms with Crippen LogP contribution < -0.4 is 4.90 Å². The Labute approximate surface area is 124 Å². The quantitative estimate of drug-likeness (QED) is 0.906. The third-order valence-electron chi connectivity index (χ3n) is 4.47.